The van der Waals surface area contributed by atoms with Crippen LogP contribution in [0.1, 0.15) is 22.3 Å². The molecular weight excluding hydrogens is 669 g/mol. The number of nitrogens with zero attached hydrogens (tertiary/aromatic N) is 4. The molecule has 2 aliphatic rings. The average molecular weight is 699 g/mol. The number of hydrogen-bond acceptors (Lipinski definition) is 4. The van der Waals surface area contributed by atoms with Gasteiger partial charge in [-0.3, -0.25) is 15.0 Å². The van der Waals surface area contributed by atoms with Crippen molar-refractivity contribution in [1.29, 1.82) is 0 Å². The molecule has 0 N–H and O–H groups in total. The van der Waals surface area contributed by atoms with Crippen molar-refractivity contribution in [3.05, 3.63) is 205 Å². The highest BCUT2D eigenvalue weighted by Crippen LogP contribution is 2.63. The van der Waals surface area contributed by atoms with Crippen LogP contribution in [0, 0.1) is 0 Å². The molecule has 0 unspecified atom stereocenters. The summed E-state index contributed by atoms with van der Waals surface area (Å²) in [6, 6.07) is 59.2. The molecule has 0 radical (unpaired) electrons. The fourth-order valence-electron chi connectivity index (χ4n) is 9.44. The highest BCUT2D eigenvalue weighted by Gasteiger charge is 2.51. The summed E-state index contributed by atoms with van der Waals surface area (Å²) in [5.41, 5.74) is 18.6. The fraction of sp³-hybridized carbons (Fsp3) is 0.0196. The predicted molar refractivity (Wildman–Crippen MR) is 223 cm³/mol. The van der Waals surface area contributed by atoms with Crippen LogP contribution in [-0.2, 0) is 5.41 Å². The standard InChI is InChI=1S/C51H30N4/c1-4-17-42-37(13-1)38-14-2-5-18-43(38)51(42)44-19-6-3-15-39(44)40-23-22-33(27-45(40)51)46-28-35(29-47(55-46)41-16-7-10-31-11-8-24-52-48(31)41)36-26-34-21-20-32-12-9-25-53-49(32)50(34)54-30-36/h1-30H. The number of rotatable bonds is 3. The quantitative estimate of drug-likeness (QED) is 0.172. The second-order valence-electron chi connectivity index (χ2n) is 14.6. The van der Waals surface area contributed by atoms with Crippen molar-refractivity contribution in [1.82, 2.24) is 19.9 Å². The van der Waals surface area contributed by atoms with Gasteiger partial charge in [-0.2, -0.15) is 0 Å². The van der Waals surface area contributed by atoms with E-state index in [0.717, 1.165) is 66.4 Å². The molecule has 254 valence electrons. The van der Waals surface area contributed by atoms with Crippen LogP contribution in [0.2, 0.25) is 0 Å². The zero-order valence-electron chi connectivity index (χ0n) is 29.6. The third-order valence-electron chi connectivity index (χ3n) is 11.8. The molecule has 2 aliphatic carbocycles. The van der Waals surface area contributed by atoms with Crippen LogP contribution in [0.3, 0.4) is 0 Å². The summed E-state index contributed by atoms with van der Waals surface area (Å²) in [7, 11) is 0. The van der Waals surface area contributed by atoms with Gasteiger partial charge in [0.05, 0.1) is 33.4 Å². The van der Waals surface area contributed by atoms with Crippen LogP contribution < -0.4 is 0 Å². The number of pyridine rings is 4. The summed E-state index contributed by atoms with van der Waals surface area (Å²) in [6.07, 6.45) is 5.66. The van der Waals surface area contributed by atoms with Crippen molar-refractivity contribution < 1.29 is 0 Å². The monoisotopic (exact) mass is 698 g/mol. The van der Waals surface area contributed by atoms with Crippen LogP contribution in [0.25, 0.3) is 88.6 Å². The van der Waals surface area contributed by atoms with E-state index in [1.54, 1.807) is 0 Å². The Balaban J connectivity index is 1.11. The molecule has 55 heavy (non-hydrogen) atoms. The van der Waals surface area contributed by atoms with Gasteiger partial charge in [-0.1, -0.05) is 127 Å². The number of para-hydroxylation sites is 1. The highest BCUT2D eigenvalue weighted by molar-refractivity contribution is 6.04. The number of benzene rings is 6. The molecular formula is C51H30N4. The van der Waals surface area contributed by atoms with Gasteiger partial charge in [-0.05, 0) is 86.5 Å². The van der Waals surface area contributed by atoms with E-state index in [4.69, 9.17) is 15.0 Å². The Morgan fingerprint density at radius 1 is 0.327 bits per heavy atom. The lowest BCUT2D eigenvalue weighted by atomic mass is 9.70. The minimum absolute atomic E-state index is 0.436. The van der Waals surface area contributed by atoms with E-state index < -0.39 is 5.41 Å². The van der Waals surface area contributed by atoms with E-state index in [-0.39, 0.29) is 0 Å². The first-order valence-corrected chi connectivity index (χ1v) is 18.7. The minimum atomic E-state index is -0.436. The molecule has 4 aromatic heterocycles. The van der Waals surface area contributed by atoms with Crippen molar-refractivity contribution in [3.8, 4) is 55.9 Å². The van der Waals surface area contributed by atoms with Gasteiger partial charge in [0.2, 0.25) is 0 Å². The first kappa shape index (κ1) is 30.2. The summed E-state index contributed by atoms with van der Waals surface area (Å²) in [4.78, 5) is 20.0. The molecule has 0 amide bonds. The maximum absolute atomic E-state index is 5.46. The topological polar surface area (TPSA) is 51.6 Å². The van der Waals surface area contributed by atoms with Crippen molar-refractivity contribution in [3.63, 3.8) is 0 Å². The predicted octanol–water partition coefficient (Wildman–Crippen LogP) is 12.1. The van der Waals surface area contributed by atoms with Gasteiger partial charge in [-0.25, -0.2) is 4.98 Å². The summed E-state index contributed by atoms with van der Waals surface area (Å²) in [5.74, 6) is 0. The zero-order chi connectivity index (χ0) is 36.1. The molecule has 4 heteroatoms. The summed E-state index contributed by atoms with van der Waals surface area (Å²) in [5, 5.41) is 3.21. The van der Waals surface area contributed by atoms with E-state index in [0.29, 0.717) is 0 Å². The van der Waals surface area contributed by atoms with Gasteiger partial charge in [0.1, 0.15) is 0 Å². The van der Waals surface area contributed by atoms with Crippen LogP contribution in [-0.4, -0.2) is 19.9 Å². The second-order valence-corrected chi connectivity index (χ2v) is 14.6. The molecule has 4 heterocycles. The SMILES string of the molecule is c1ccc2c(c1)-c1ccccc1C21c2ccccc2-c2ccc(-c3cc(-c4cnc5c(ccc6cccnc65)c4)cc(-c4cccc5cccnc45)n3)cc21. The Morgan fingerprint density at radius 2 is 0.891 bits per heavy atom. The smallest absolute Gasteiger partial charge is 0.0964 e. The molecule has 6 aromatic carbocycles. The Labute approximate surface area is 317 Å². The van der Waals surface area contributed by atoms with Crippen molar-refractivity contribution in [2.45, 2.75) is 5.41 Å². The molecule has 0 bridgehead atoms. The van der Waals surface area contributed by atoms with Gasteiger partial charge < -0.3 is 0 Å². The molecule has 12 rings (SSSR count). The number of fused-ring (bicyclic) bond motifs is 14. The molecule has 4 nitrogen and oxygen atoms in total. The molecule has 0 aliphatic heterocycles. The van der Waals surface area contributed by atoms with Crippen LogP contribution in [0.5, 0.6) is 0 Å². The third-order valence-corrected chi connectivity index (χ3v) is 11.8. The summed E-state index contributed by atoms with van der Waals surface area (Å²) < 4.78 is 0. The van der Waals surface area contributed by atoms with Gasteiger partial charge in [0.25, 0.3) is 0 Å². The first-order chi connectivity index (χ1) is 27.3. The second kappa shape index (κ2) is 11.3. The Bertz CT molecular complexity index is 3170. The Hall–Kier alpha value is -7.30. The summed E-state index contributed by atoms with van der Waals surface area (Å²) in [6.45, 7) is 0. The minimum Gasteiger partial charge on any atom is -0.256 e. The van der Waals surface area contributed by atoms with E-state index in [1.807, 2.05) is 30.7 Å². The molecule has 0 saturated carbocycles. The molecule has 10 aromatic rings. The Morgan fingerprint density at radius 3 is 1.62 bits per heavy atom. The zero-order valence-corrected chi connectivity index (χ0v) is 29.6. The normalized spacial score (nSPS) is 13.2. The van der Waals surface area contributed by atoms with Crippen molar-refractivity contribution in [2.24, 2.45) is 0 Å². The lowest BCUT2D eigenvalue weighted by Gasteiger charge is -2.30. The van der Waals surface area contributed by atoms with Crippen LogP contribution >= 0.6 is 0 Å². The maximum Gasteiger partial charge on any atom is 0.0964 e. The van der Waals surface area contributed by atoms with E-state index in [1.165, 1.54) is 44.5 Å². The maximum atomic E-state index is 5.46. The molecule has 1 spiro atoms. The van der Waals surface area contributed by atoms with Crippen molar-refractivity contribution >= 4 is 32.7 Å². The van der Waals surface area contributed by atoms with E-state index >= 15 is 0 Å². The van der Waals surface area contributed by atoms with Crippen molar-refractivity contribution in [2.75, 3.05) is 0 Å². The fourth-order valence-corrected chi connectivity index (χ4v) is 9.44. The van der Waals surface area contributed by atoms with E-state index in [9.17, 15) is 0 Å². The van der Waals surface area contributed by atoms with Crippen LogP contribution in [0.4, 0.5) is 0 Å². The Kier molecular flexibility index (Phi) is 6.23. The van der Waals surface area contributed by atoms with Gasteiger partial charge in [0, 0.05) is 51.4 Å². The van der Waals surface area contributed by atoms with Gasteiger partial charge in [0.15, 0.2) is 0 Å². The molecule has 0 atom stereocenters. The number of hydrogen-bond donors (Lipinski definition) is 0. The largest absolute Gasteiger partial charge is 0.256 e. The lowest BCUT2D eigenvalue weighted by Crippen LogP contribution is -2.25. The molecule has 0 fully saturated rings. The number of aromatic nitrogens is 4. The van der Waals surface area contributed by atoms with Gasteiger partial charge >= 0.3 is 0 Å². The third kappa shape index (κ3) is 4.22. The van der Waals surface area contributed by atoms with Gasteiger partial charge in [-0.15, -0.1) is 0 Å². The van der Waals surface area contributed by atoms with E-state index in [2.05, 4.69) is 157 Å². The summed E-state index contributed by atoms with van der Waals surface area (Å²) >= 11 is 0. The lowest BCUT2D eigenvalue weighted by molar-refractivity contribution is 0.794. The average Bonchev–Trinajstić information content (AvgIpc) is 3.73. The van der Waals surface area contributed by atoms with Crippen LogP contribution in [0.15, 0.2) is 182 Å². The molecule has 0 saturated heterocycles. The highest BCUT2D eigenvalue weighted by atomic mass is 14.7. The first-order valence-electron chi connectivity index (χ1n) is 18.7.